The fourth-order valence-electron chi connectivity index (χ4n) is 3.12. The highest BCUT2D eigenvalue weighted by molar-refractivity contribution is 4.97. The first-order valence-electron chi connectivity index (χ1n) is 7.21. The minimum absolute atomic E-state index is 0.890. The van der Waals surface area contributed by atoms with E-state index in [4.69, 9.17) is 0 Å². The van der Waals surface area contributed by atoms with Crippen molar-refractivity contribution < 1.29 is 0 Å². The van der Waals surface area contributed by atoms with Crippen LogP contribution in [0.3, 0.4) is 0 Å². The molecule has 96 valence electrons. The Bertz CT molecular complexity index is 262. The number of piperazine rings is 1. The fraction of sp³-hybridized carbons (Fsp3) is 0.867. The molecular weight excluding hydrogens is 208 g/mol. The van der Waals surface area contributed by atoms with Crippen molar-refractivity contribution in [2.24, 2.45) is 11.8 Å². The summed E-state index contributed by atoms with van der Waals surface area (Å²) < 4.78 is 0. The third-order valence-electron chi connectivity index (χ3n) is 4.26. The van der Waals surface area contributed by atoms with E-state index in [9.17, 15) is 0 Å². The van der Waals surface area contributed by atoms with Crippen molar-refractivity contribution in [3.63, 3.8) is 0 Å². The molecule has 0 amide bonds. The summed E-state index contributed by atoms with van der Waals surface area (Å²) in [6.45, 7) is 8.16. The van der Waals surface area contributed by atoms with Crippen molar-refractivity contribution in [1.29, 1.82) is 0 Å². The molecule has 0 atom stereocenters. The van der Waals surface area contributed by atoms with Gasteiger partial charge in [-0.15, -0.1) is 11.8 Å². The zero-order chi connectivity index (χ0) is 11.9. The van der Waals surface area contributed by atoms with Gasteiger partial charge in [0.05, 0.1) is 0 Å². The summed E-state index contributed by atoms with van der Waals surface area (Å²) >= 11 is 0. The highest BCUT2D eigenvalue weighted by atomic mass is 15.2. The minimum Gasteiger partial charge on any atom is -0.314 e. The van der Waals surface area contributed by atoms with Crippen molar-refractivity contribution in [3.05, 3.63) is 0 Å². The van der Waals surface area contributed by atoms with Crippen LogP contribution in [0.1, 0.15) is 39.0 Å². The Balaban J connectivity index is 1.65. The first-order chi connectivity index (χ1) is 8.38. The predicted octanol–water partition coefficient (Wildman–Crippen LogP) is 2.11. The van der Waals surface area contributed by atoms with Gasteiger partial charge in [0.15, 0.2) is 0 Å². The molecule has 0 spiro atoms. The number of nitrogens with zero attached hydrogens (tertiary/aromatic N) is 1. The van der Waals surface area contributed by atoms with E-state index in [2.05, 4.69) is 22.1 Å². The number of nitrogens with one attached hydrogen (secondary N) is 1. The van der Waals surface area contributed by atoms with E-state index in [0.29, 0.717) is 0 Å². The normalized spacial score (nSPS) is 30.6. The minimum atomic E-state index is 0.890. The average Bonchev–Trinajstić information content (AvgIpc) is 2.39. The SMILES string of the molecule is CC#CCC1CCC(CN2CCNCC2)CC1. The quantitative estimate of drug-likeness (QED) is 0.752. The molecule has 0 unspecified atom stereocenters. The molecule has 0 aromatic rings. The van der Waals surface area contributed by atoms with E-state index in [1.54, 1.807) is 0 Å². The number of hydrogen-bond donors (Lipinski definition) is 1. The first kappa shape index (κ1) is 12.9. The van der Waals surface area contributed by atoms with Gasteiger partial charge in [0.1, 0.15) is 0 Å². The van der Waals surface area contributed by atoms with Gasteiger partial charge >= 0.3 is 0 Å². The zero-order valence-electron chi connectivity index (χ0n) is 11.2. The molecule has 1 aliphatic carbocycles. The highest BCUT2D eigenvalue weighted by Gasteiger charge is 2.22. The summed E-state index contributed by atoms with van der Waals surface area (Å²) in [6.07, 6.45) is 6.81. The van der Waals surface area contributed by atoms with Crippen molar-refractivity contribution >= 4 is 0 Å². The molecular formula is C15H26N2. The van der Waals surface area contributed by atoms with Crippen molar-refractivity contribution in [2.75, 3.05) is 32.7 Å². The number of hydrogen-bond acceptors (Lipinski definition) is 2. The maximum atomic E-state index is 3.43. The third kappa shape index (κ3) is 4.33. The third-order valence-corrected chi connectivity index (χ3v) is 4.26. The van der Waals surface area contributed by atoms with Crippen molar-refractivity contribution in [3.8, 4) is 11.8 Å². The van der Waals surface area contributed by atoms with E-state index in [-0.39, 0.29) is 0 Å². The van der Waals surface area contributed by atoms with Gasteiger partial charge in [-0.2, -0.15) is 0 Å². The molecule has 0 radical (unpaired) electrons. The average molecular weight is 234 g/mol. The van der Waals surface area contributed by atoms with Gasteiger partial charge in [-0.05, 0) is 44.4 Å². The van der Waals surface area contributed by atoms with E-state index in [1.165, 1.54) is 58.4 Å². The molecule has 17 heavy (non-hydrogen) atoms. The van der Waals surface area contributed by atoms with E-state index >= 15 is 0 Å². The molecule has 2 nitrogen and oxygen atoms in total. The summed E-state index contributed by atoms with van der Waals surface area (Å²) in [7, 11) is 0. The fourth-order valence-corrected chi connectivity index (χ4v) is 3.12. The van der Waals surface area contributed by atoms with Crippen LogP contribution in [0.25, 0.3) is 0 Å². The molecule has 0 bridgehead atoms. The molecule has 2 heteroatoms. The van der Waals surface area contributed by atoms with Crippen LogP contribution in [0.4, 0.5) is 0 Å². The summed E-state index contributed by atoms with van der Waals surface area (Å²) in [5, 5.41) is 3.43. The number of rotatable bonds is 3. The Kier molecular flexibility index (Phi) is 5.35. The van der Waals surface area contributed by atoms with Crippen LogP contribution in [0.2, 0.25) is 0 Å². The van der Waals surface area contributed by atoms with Gasteiger partial charge in [-0.25, -0.2) is 0 Å². The van der Waals surface area contributed by atoms with Crippen LogP contribution in [0.5, 0.6) is 0 Å². The second-order valence-corrected chi connectivity index (χ2v) is 5.57. The van der Waals surface area contributed by atoms with E-state index in [0.717, 1.165) is 18.3 Å². The second-order valence-electron chi connectivity index (χ2n) is 5.57. The smallest absolute Gasteiger partial charge is 0.0117 e. The highest BCUT2D eigenvalue weighted by Crippen LogP contribution is 2.31. The largest absolute Gasteiger partial charge is 0.314 e. The van der Waals surface area contributed by atoms with Gasteiger partial charge in [0, 0.05) is 39.1 Å². The van der Waals surface area contributed by atoms with Crippen LogP contribution >= 0.6 is 0 Å². The van der Waals surface area contributed by atoms with Gasteiger partial charge in [-0.3, -0.25) is 0 Å². The molecule has 0 aromatic carbocycles. The first-order valence-corrected chi connectivity index (χ1v) is 7.21. The predicted molar refractivity (Wildman–Crippen MR) is 72.8 cm³/mol. The van der Waals surface area contributed by atoms with Crippen LogP contribution < -0.4 is 5.32 Å². The lowest BCUT2D eigenvalue weighted by Crippen LogP contribution is -2.45. The van der Waals surface area contributed by atoms with Gasteiger partial charge in [0.2, 0.25) is 0 Å². The molecule has 1 saturated heterocycles. The summed E-state index contributed by atoms with van der Waals surface area (Å²) in [6, 6.07) is 0. The molecule has 1 heterocycles. The van der Waals surface area contributed by atoms with Crippen LogP contribution in [0, 0.1) is 23.7 Å². The molecule has 2 fully saturated rings. The van der Waals surface area contributed by atoms with Crippen molar-refractivity contribution in [1.82, 2.24) is 10.2 Å². The van der Waals surface area contributed by atoms with E-state index < -0.39 is 0 Å². The zero-order valence-corrected chi connectivity index (χ0v) is 11.2. The molecule has 0 aromatic heterocycles. The maximum absolute atomic E-state index is 3.43. The lowest BCUT2D eigenvalue weighted by atomic mass is 9.80. The van der Waals surface area contributed by atoms with E-state index in [1.807, 2.05) is 6.92 Å². The summed E-state index contributed by atoms with van der Waals surface area (Å²) in [5.41, 5.74) is 0. The molecule has 1 aliphatic heterocycles. The Morgan fingerprint density at radius 1 is 1.06 bits per heavy atom. The second kappa shape index (κ2) is 7.03. The lowest BCUT2D eigenvalue weighted by Gasteiger charge is -2.34. The molecule has 2 aliphatic rings. The van der Waals surface area contributed by atoms with Crippen molar-refractivity contribution in [2.45, 2.75) is 39.0 Å². The van der Waals surface area contributed by atoms with Gasteiger partial charge < -0.3 is 10.2 Å². The summed E-state index contributed by atoms with van der Waals surface area (Å²) in [5.74, 6) is 8.12. The Morgan fingerprint density at radius 2 is 1.71 bits per heavy atom. The monoisotopic (exact) mass is 234 g/mol. The molecule has 1 N–H and O–H groups in total. The van der Waals surface area contributed by atoms with Crippen LogP contribution in [0.15, 0.2) is 0 Å². The van der Waals surface area contributed by atoms with Gasteiger partial charge in [0.25, 0.3) is 0 Å². The standard InChI is InChI=1S/C15H26N2/c1-2-3-4-14-5-7-15(8-6-14)13-17-11-9-16-10-12-17/h14-16H,4-13H2,1H3. The lowest BCUT2D eigenvalue weighted by molar-refractivity contribution is 0.167. The Morgan fingerprint density at radius 3 is 2.35 bits per heavy atom. The topological polar surface area (TPSA) is 15.3 Å². The maximum Gasteiger partial charge on any atom is 0.0117 e. The molecule has 2 rings (SSSR count). The Labute approximate surface area is 106 Å². The van der Waals surface area contributed by atoms with Crippen LogP contribution in [-0.2, 0) is 0 Å². The summed E-state index contributed by atoms with van der Waals surface area (Å²) in [4.78, 5) is 2.65. The molecule has 1 saturated carbocycles. The van der Waals surface area contributed by atoms with Crippen LogP contribution in [-0.4, -0.2) is 37.6 Å². The van der Waals surface area contributed by atoms with Gasteiger partial charge in [-0.1, -0.05) is 0 Å². The Hall–Kier alpha value is -0.520.